The van der Waals surface area contributed by atoms with Crippen LogP contribution in [0.15, 0.2) is 18.2 Å². The lowest BCUT2D eigenvalue weighted by Gasteiger charge is -2.03. The highest BCUT2D eigenvalue weighted by atomic mass is 35.5. The van der Waals surface area contributed by atoms with Gasteiger partial charge in [0.2, 0.25) is 0 Å². The topological polar surface area (TPSA) is 37.3 Å². The molecule has 0 heterocycles. The van der Waals surface area contributed by atoms with Crippen LogP contribution in [-0.2, 0) is 0 Å². The standard InChI is InChI=1S/C9H9ClO2/c1-6-3-2-4-7(9(6)12)8(11)5-10/h2-4,12H,5H2,1H3. The normalized spacial score (nSPS) is 9.83. The molecule has 0 bridgehead atoms. The molecular weight excluding hydrogens is 176 g/mol. The summed E-state index contributed by atoms with van der Waals surface area (Å²) in [4.78, 5) is 11.1. The first-order valence-corrected chi connectivity index (χ1v) is 4.08. The van der Waals surface area contributed by atoms with Gasteiger partial charge in [0.15, 0.2) is 5.78 Å². The van der Waals surface area contributed by atoms with Crippen LogP contribution >= 0.6 is 11.6 Å². The minimum absolute atomic E-state index is 0.0307. The molecule has 0 aliphatic carbocycles. The van der Waals surface area contributed by atoms with Gasteiger partial charge in [-0.15, -0.1) is 11.6 Å². The van der Waals surface area contributed by atoms with Gasteiger partial charge in [0.25, 0.3) is 0 Å². The van der Waals surface area contributed by atoms with Crippen molar-refractivity contribution >= 4 is 17.4 Å². The number of para-hydroxylation sites is 1. The Morgan fingerprint density at radius 2 is 2.25 bits per heavy atom. The van der Waals surface area contributed by atoms with Gasteiger partial charge in [-0.05, 0) is 18.6 Å². The van der Waals surface area contributed by atoms with Crippen LogP contribution in [0.5, 0.6) is 5.75 Å². The molecule has 1 aromatic carbocycles. The van der Waals surface area contributed by atoms with Crippen LogP contribution in [0.3, 0.4) is 0 Å². The monoisotopic (exact) mass is 184 g/mol. The first kappa shape index (κ1) is 9.07. The maximum atomic E-state index is 11.1. The summed E-state index contributed by atoms with van der Waals surface area (Å²) in [6.45, 7) is 1.74. The summed E-state index contributed by atoms with van der Waals surface area (Å²) in [6, 6.07) is 5.02. The van der Waals surface area contributed by atoms with E-state index in [0.717, 1.165) is 0 Å². The Hall–Kier alpha value is -1.02. The molecule has 0 amide bonds. The molecule has 0 atom stereocenters. The van der Waals surface area contributed by atoms with E-state index in [1.165, 1.54) is 0 Å². The maximum absolute atomic E-state index is 11.1. The fraction of sp³-hybridized carbons (Fsp3) is 0.222. The molecule has 12 heavy (non-hydrogen) atoms. The summed E-state index contributed by atoms with van der Waals surface area (Å²) in [5, 5.41) is 9.42. The van der Waals surface area contributed by atoms with Crippen LogP contribution in [0.2, 0.25) is 0 Å². The first-order chi connectivity index (χ1) is 5.66. The molecule has 64 valence electrons. The summed E-state index contributed by atoms with van der Waals surface area (Å²) in [6.07, 6.45) is 0. The van der Waals surface area contributed by atoms with Gasteiger partial charge in [-0.3, -0.25) is 4.79 Å². The second kappa shape index (κ2) is 3.59. The van der Waals surface area contributed by atoms with Gasteiger partial charge in [-0.1, -0.05) is 12.1 Å². The lowest BCUT2D eigenvalue weighted by atomic mass is 10.1. The minimum atomic E-state index is -0.252. The van der Waals surface area contributed by atoms with Crippen molar-refractivity contribution in [1.82, 2.24) is 0 Å². The van der Waals surface area contributed by atoms with Crippen molar-refractivity contribution in [3.05, 3.63) is 29.3 Å². The van der Waals surface area contributed by atoms with Gasteiger partial charge >= 0.3 is 0 Å². The van der Waals surface area contributed by atoms with Gasteiger partial charge < -0.3 is 5.11 Å². The number of aromatic hydroxyl groups is 1. The molecule has 0 aliphatic rings. The molecule has 1 N–H and O–H groups in total. The van der Waals surface area contributed by atoms with Gasteiger partial charge in [0, 0.05) is 0 Å². The Labute approximate surface area is 75.8 Å². The average molecular weight is 185 g/mol. The van der Waals surface area contributed by atoms with Crippen molar-refractivity contribution in [3.63, 3.8) is 0 Å². The summed E-state index contributed by atoms with van der Waals surface area (Å²) in [7, 11) is 0. The highest BCUT2D eigenvalue weighted by molar-refractivity contribution is 6.30. The van der Waals surface area contributed by atoms with Crippen molar-refractivity contribution < 1.29 is 9.90 Å². The number of carbonyl (C=O) groups is 1. The molecule has 1 aromatic rings. The van der Waals surface area contributed by atoms with Gasteiger partial charge in [0.05, 0.1) is 11.4 Å². The van der Waals surface area contributed by atoms with Gasteiger partial charge in [-0.25, -0.2) is 0 Å². The molecular formula is C9H9ClO2. The Morgan fingerprint density at radius 3 is 2.83 bits per heavy atom. The van der Waals surface area contributed by atoms with Crippen LogP contribution in [0.25, 0.3) is 0 Å². The molecule has 0 aliphatic heterocycles. The highest BCUT2D eigenvalue weighted by Gasteiger charge is 2.10. The number of ketones is 1. The predicted octanol–water partition coefficient (Wildman–Crippen LogP) is 2.12. The Balaban J connectivity index is 3.16. The van der Waals surface area contributed by atoms with Crippen LogP contribution in [0.1, 0.15) is 15.9 Å². The van der Waals surface area contributed by atoms with Crippen molar-refractivity contribution in [2.45, 2.75) is 6.92 Å². The molecule has 3 heteroatoms. The van der Waals surface area contributed by atoms with E-state index >= 15 is 0 Å². The number of hydrogen-bond donors (Lipinski definition) is 1. The van der Waals surface area contributed by atoms with Gasteiger partial charge in [-0.2, -0.15) is 0 Å². The van der Waals surface area contributed by atoms with Crippen LogP contribution in [-0.4, -0.2) is 16.8 Å². The lowest BCUT2D eigenvalue weighted by molar-refractivity contribution is 0.101. The zero-order valence-electron chi connectivity index (χ0n) is 6.67. The number of halogens is 1. The highest BCUT2D eigenvalue weighted by Crippen LogP contribution is 2.21. The van der Waals surface area contributed by atoms with E-state index in [2.05, 4.69) is 0 Å². The molecule has 0 fully saturated rings. The first-order valence-electron chi connectivity index (χ1n) is 3.54. The third kappa shape index (κ3) is 1.59. The number of phenolic OH excluding ortho intramolecular Hbond substituents is 1. The van der Waals surface area contributed by atoms with Crippen LogP contribution in [0, 0.1) is 6.92 Å². The third-order valence-corrected chi connectivity index (χ3v) is 1.90. The maximum Gasteiger partial charge on any atom is 0.181 e. The molecule has 0 saturated carbocycles. The molecule has 0 radical (unpaired) electrons. The quantitative estimate of drug-likeness (QED) is 0.565. The van der Waals surface area contributed by atoms with E-state index in [-0.39, 0.29) is 17.4 Å². The number of alkyl halides is 1. The predicted molar refractivity (Wildman–Crippen MR) is 47.9 cm³/mol. The molecule has 0 saturated heterocycles. The van der Waals surface area contributed by atoms with Crippen LogP contribution in [0.4, 0.5) is 0 Å². The Morgan fingerprint density at radius 1 is 1.58 bits per heavy atom. The second-order valence-corrected chi connectivity index (χ2v) is 2.80. The van der Waals surface area contributed by atoms with E-state index in [1.807, 2.05) is 0 Å². The Bertz CT molecular complexity index is 307. The number of benzene rings is 1. The molecule has 2 nitrogen and oxygen atoms in total. The van der Waals surface area contributed by atoms with Crippen molar-refractivity contribution in [1.29, 1.82) is 0 Å². The van der Waals surface area contributed by atoms with E-state index in [4.69, 9.17) is 11.6 Å². The van der Waals surface area contributed by atoms with Crippen molar-refractivity contribution in [2.75, 3.05) is 5.88 Å². The fourth-order valence-electron chi connectivity index (χ4n) is 0.956. The van der Waals surface area contributed by atoms with Crippen molar-refractivity contribution in [3.8, 4) is 5.75 Å². The number of Topliss-reactive ketones (excluding diaryl/α,β-unsaturated/α-hetero) is 1. The van der Waals surface area contributed by atoms with E-state index in [0.29, 0.717) is 11.1 Å². The number of aryl methyl sites for hydroxylation is 1. The number of rotatable bonds is 2. The lowest BCUT2D eigenvalue weighted by Crippen LogP contribution is -2.00. The number of phenols is 1. The molecule has 0 aromatic heterocycles. The minimum Gasteiger partial charge on any atom is -0.507 e. The van der Waals surface area contributed by atoms with Gasteiger partial charge in [0.1, 0.15) is 5.75 Å². The fourth-order valence-corrected chi connectivity index (χ4v) is 1.10. The number of carbonyl (C=O) groups excluding carboxylic acids is 1. The number of hydrogen-bond acceptors (Lipinski definition) is 2. The van der Waals surface area contributed by atoms with Crippen molar-refractivity contribution in [2.24, 2.45) is 0 Å². The SMILES string of the molecule is Cc1cccc(C(=O)CCl)c1O. The zero-order valence-corrected chi connectivity index (χ0v) is 7.43. The molecule has 0 unspecified atom stereocenters. The Kier molecular flexibility index (Phi) is 2.71. The van der Waals surface area contributed by atoms with Crippen LogP contribution < -0.4 is 0 Å². The summed E-state index contributed by atoms with van der Waals surface area (Å²) in [5.41, 5.74) is 0.982. The smallest absolute Gasteiger partial charge is 0.181 e. The van der Waals surface area contributed by atoms with E-state index in [9.17, 15) is 9.90 Å². The summed E-state index contributed by atoms with van der Waals surface area (Å²) < 4.78 is 0. The average Bonchev–Trinajstić information content (AvgIpc) is 2.08. The third-order valence-electron chi connectivity index (χ3n) is 1.66. The summed E-state index contributed by atoms with van der Waals surface area (Å²) in [5.74, 6) is -0.321. The van der Waals surface area contributed by atoms with E-state index in [1.54, 1.807) is 25.1 Å². The molecule has 1 rings (SSSR count). The molecule has 0 spiro atoms. The summed E-state index contributed by atoms with van der Waals surface area (Å²) >= 11 is 5.35. The van der Waals surface area contributed by atoms with E-state index < -0.39 is 0 Å². The largest absolute Gasteiger partial charge is 0.507 e. The zero-order chi connectivity index (χ0) is 9.14. The second-order valence-electron chi connectivity index (χ2n) is 2.53.